The Morgan fingerprint density at radius 3 is 3.00 bits per heavy atom. The zero-order valence-electron chi connectivity index (χ0n) is 12.8. The van der Waals surface area contributed by atoms with Crippen molar-refractivity contribution in [3.05, 3.63) is 47.7 Å². The molecule has 1 aliphatic heterocycles. The van der Waals surface area contributed by atoms with Crippen LogP contribution < -0.4 is 0 Å². The highest BCUT2D eigenvalue weighted by Gasteiger charge is 2.46. The monoisotopic (exact) mass is 292 g/mol. The fourth-order valence-corrected chi connectivity index (χ4v) is 4.10. The van der Waals surface area contributed by atoms with Gasteiger partial charge >= 0.3 is 0 Å². The topological polar surface area (TPSA) is 46.5 Å². The second-order valence-electron chi connectivity index (χ2n) is 7.26. The third-order valence-electron chi connectivity index (χ3n) is 5.57. The van der Waals surface area contributed by atoms with Gasteiger partial charge in [0.25, 0.3) is 0 Å². The number of fused-ring (bicyclic) bond motifs is 2. The highest BCUT2D eigenvalue weighted by molar-refractivity contribution is 5.83. The summed E-state index contributed by atoms with van der Waals surface area (Å²) in [6, 6.07) is 8.46. The summed E-state index contributed by atoms with van der Waals surface area (Å²) in [5, 5.41) is 10.2. The van der Waals surface area contributed by atoms with Gasteiger partial charge in [-0.3, -0.25) is 0 Å². The maximum Gasteiger partial charge on any atom is 0.137 e. The molecule has 0 bridgehead atoms. The summed E-state index contributed by atoms with van der Waals surface area (Å²) in [6.07, 6.45) is 6.86. The molecule has 3 heterocycles. The number of nitrogens with zero attached hydrogens (tertiary/aromatic N) is 3. The Hall–Kier alpha value is -2.10. The van der Waals surface area contributed by atoms with Crippen molar-refractivity contribution in [2.45, 2.75) is 39.2 Å². The summed E-state index contributed by atoms with van der Waals surface area (Å²) < 4.78 is 2.38. The zero-order valence-corrected chi connectivity index (χ0v) is 12.8. The molecule has 1 saturated carbocycles. The van der Waals surface area contributed by atoms with Crippen LogP contribution in [-0.2, 0) is 19.4 Å². The number of benzene rings is 1. The minimum atomic E-state index is 0.417. The van der Waals surface area contributed by atoms with Crippen molar-refractivity contribution < 1.29 is 0 Å². The smallest absolute Gasteiger partial charge is 0.137 e. The first kappa shape index (κ1) is 12.4. The molecule has 1 atom stereocenters. The van der Waals surface area contributed by atoms with Gasteiger partial charge < -0.3 is 9.55 Å². The maximum absolute atomic E-state index is 4.47. The standard InChI is InChI=1S/C18H20N4/c1-18(13-6-7-13)9-17-21-20-16(22(17)11-18)8-12-10-19-15-5-3-2-4-14(12)15/h2-5,10,13,19H,6-9,11H2,1H3. The van der Waals surface area contributed by atoms with Crippen LogP contribution in [0.25, 0.3) is 10.9 Å². The Labute approximate surface area is 129 Å². The quantitative estimate of drug-likeness (QED) is 0.805. The summed E-state index contributed by atoms with van der Waals surface area (Å²) in [5.74, 6) is 3.20. The van der Waals surface area contributed by atoms with Gasteiger partial charge in [-0.25, -0.2) is 0 Å². The number of para-hydroxylation sites is 1. The van der Waals surface area contributed by atoms with E-state index in [0.717, 1.165) is 31.1 Å². The van der Waals surface area contributed by atoms with Crippen molar-refractivity contribution in [1.82, 2.24) is 19.7 Å². The summed E-state index contributed by atoms with van der Waals surface area (Å²) in [7, 11) is 0. The number of hydrogen-bond donors (Lipinski definition) is 1. The molecule has 2 aromatic heterocycles. The molecule has 4 heteroatoms. The second-order valence-corrected chi connectivity index (χ2v) is 7.26. The summed E-state index contributed by atoms with van der Waals surface area (Å²) in [4.78, 5) is 3.36. The first-order chi connectivity index (χ1) is 10.7. The van der Waals surface area contributed by atoms with Crippen LogP contribution in [0, 0.1) is 11.3 Å². The zero-order chi connectivity index (χ0) is 14.7. The van der Waals surface area contributed by atoms with E-state index in [1.54, 1.807) is 0 Å². The fraction of sp³-hybridized carbons (Fsp3) is 0.444. The van der Waals surface area contributed by atoms with Crippen molar-refractivity contribution in [2.24, 2.45) is 11.3 Å². The number of aromatic amines is 1. The minimum absolute atomic E-state index is 0.417. The van der Waals surface area contributed by atoms with Gasteiger partial charge in [0.15, 0.2) is 0 Å². The maximum atomic E-state index is 4.47. The molecule has 1 N–H and O–H groups in total. The van der Waals surface area contributed by atoms with E-state index >= 15 is 0 Å². The molecule has 0 saturated heterocycles. The molecular formula is C18H20N4. The highest BCUT2D eigenvalue weighted by atomic mass is 15.3. The number of aromatic nitrogens is 4. The lowest BCUT2D eigenvalue weighted by molar-refractivity contribution is 0.263. The van der Waals surface area contributed by atoms with Gasteiger partial charge in [-0.15, -0.1) is 10.2 Å². The van der Waals surface area contributed by atoms with E-state index in [2.05, 4.69) is 57.1 Å². The molecule has 0 amide bonds. The minimum Gasteiger partial charge on any atom is -0.361 e. The Bertz CT molecular complexity index is 855. The van der Waals surface area contributed by atoms with Gasteiger partial charge in [0.05, 0.1) is 0 Å². The van der Waals surface area contributed by atoms with E-state index in [9.17, 15) is 0 Å². The van der Waals surface area contributed by atoms with Crippen molar-refractivity contribution in [3.63, 3.8) is 0 Å². The molecule has 5 rings (SSSR count). The molecule has 1 unspecified atom stereocenters. The van der Waals surface area contributed by atoms with E-state index in [1.165, 1.54) is 35.1 Å². The summed E-state index contributed by atoms with van der Waals surface area (Å²) >= 11 is 0. The van der Waals surface area contributed by atoms with Gasteiger partial charge in [-0.2, -0.15) is 0 Å². The van der Waals surface area contributed by atoms with Gasteiger partial charge in [-0.05, 0) is 35.8 Å². The first-order valence-corrected chi connectivity index (χ1v) is 8.19. The molecule has 0 radical (unpaired) electrons. The second kappa shape index (κ2) is 4.22. The van der Waals surface area contributed by atoms with Crippen LogP contribution in [0.1, 0.15) is 37.0 Å². The lowest BCUT2D eigenvalue weighted by Gasteiger charge is -2.22. The lowest BCUT2D eigenvalue weighted by Crippen LogP contribution is -2.21. The van der Waals surface area contributed by atoms with E-state index < -0.39 is 0 Å². The normalized spacial score (nSPS) is 24.0. The number of hydrogen-bond acceptors (Lipinski definition) is 2. The van der Waals surface area contributed by atoms with Crippen molar-refractivity contribution >= 4 is 10.9 Å². The van der Waals surface area contributed by atoms with Crippen LogP contribution in [-0.4, -0.2) is 19.7 Å². The third-order valence-corrected chi connectivity index (χ3v) is 5.57. The van der Waals surface area contributed by atoms with Crippen molar-refractivity contribution in [1.29, 1.82) is 0 Å². The van der Waals surface area contributed by atoms with Crippen LogP contribution in [0.5, 0.6) is 0 Å². The van der Waals surface area contributed by atoms with E-state index in [-0.39, 0.29) is 0 Å². The Morgan fingerprint density at radius 1 is 1.27 bits per heavy atom. The molecule has 1 aromatic carbocycles. The van der Waals surface area contributed by atoms with Crippen molar-refractivity contribution in [2.75, 3.05) is 0 Å². The number of H-pyrrole nitrogens is 1. The van der Waals surface area contributed by atoms with E-state index in [1.807, 2.05) is 0 Å². The molecule has 4 nitrogen and oxygen atoms in total. The lowest BCUT2D eigenvalue weighted by atomic mass is 9.83. The molecule has 1 aliphatic carbocycles. The number of rotatable bonds is 3. The summed E-state index contributed by atoms with van der Waals surface area (Å²) in [5.41, 5.74) is 2.92. The predicted octanol–water partition coefficient (Wildman–Crippen LogP) is 3.32. The average Bonchev–Trinajstić information content (AvgIpc) is 3.12. The molecular weight excluding hydrogens is 272 g/mol. The van der Waals surface area contributed by atoms with Crippen LogP contribution in [0.2, 0.25) is 0 Å². The Balaban J connectivity index is 1.49. The Kier molecular flexibility index (Phi) is 2.38. The predicted molar refractivity (Wildman–Crippen MR) is 85.7 cm³/mol. The molecule has 2 aliphatic rings. The SMILES string of the molecule is CC1(C2CC2)Cc2nnc(Cc3c[nH]c4ccccc34)n2C1. The average molecular weight is 292 g/mol. The van der Waals surface area contributed by atoms with Gasteiger partial charge in [-0.1, -0.05) is 25.1 Å². The van der Waals surface area contributed by atoms with Gasteiger partial charge in [0.2, 0.25) is 0 Å². The van der Waals surface area contributed by atoms with E-state index in [0.29, 0.717) is 5.41 Å². The summed E-state index contributed by atoms with van der Waals surface area (Å²) in [6.45, 7) is 3.52. The molecule has 0 spiro atoms. The Morgan fingerprint density at radius 2 is 2.14 bits per heavy atom. The first-order valence-electron chi connectivity index (χ1n) is 8.19. The molecule has 112 valence electrons. The largest absolute Gasteiger partial charge is 0.361 e. The molecule has 1 fully saturated rings. The van der Waals surface area contributed by atoms with Crippen LogP contribution >= 0.6 is 0 Å². The van der Waals surface area contributed by atoms with Gasteiger partial charge in [0.1, 0.15) is 11.6 Å². The van der Waals surface area contributed by atoms with Gasteiger partial charge in [0, 0.05) is 36.5 Å². The third kappa shape index (κ3) is 1.76. The highest BCUT2D eigenvalue weighted by Crippen LogP contribution is 2.51. The van der Waals surface area contributed by atoms with Crippen LogP contribution in [0.3, 0.4) is 0 Å². The molecule has 3 aromatic rings. The van der Waals surface area contributed by atoms with Crippen LogP contribution in [0.15, 0.2) is 30.5 Å². The fourth-order valence-electron chi connectivity index (χ4n) is 4.10. The number of nitrogens with one attached hydrogen (secondary N) is 1. The molecule has 22 heavy (non-hydrogen) atoms. The van der Waals surface area contributed by atoms with E-state index in [4.69, 9.17) is 0 Å². The van der Waals surface area contributed by atoms with Crippen molar-refractivity contribution in [3.8, 4) is 0 Å². The van der Waals surface area contributed by atoms with Crippen LogP contribution in [0.4, 0.5) is 0 Å².